The maximum atomic E-state index is 7.52. The van der Waals surface area contributed by atoms with Crippen LogP contribution in [0.5, 0.6) is 5.75 Å². The maximum Gasteiger partial charge on any atom is 0.178 e. The van der Waals surface area contributed by atoms with Gasteiger partial charge in [-0.2, -0.15) is 0 Å². The minimum atomic E-state index is -0.781. The first kappa shape index (κ1) is 31.8. The number of ether oxygens (including phenoxy) is 2. The van der Waals surface area contributed by atoms with Crippen LogP contribution in [0.15, 0.2) is 127 Å². The topological polar surface area (TPSA) is 21.7 Å². The number of fused-ring (bicyclic) bond motifs is 8. The molecular formula is C48H45NO2. The normalized spacial score (nSPS) is 19.0. The van der Waals surface area contributed by atoms with Gasteiger partial charge < -0.3 is 14.4 Å². The van der Waals surface area contributed by atoms with Gasteiger partial charge in [0.15, 0.2) is 5.60 Å². The van der Waals surface area contributed by atoms with Crippen molar-refractivity contribution in [1.29, 1.82) is 0 Å². The van der Waals surface area contributed by atoms with E-state index in [0.717, 1.165) is 48.6 Å². The highest BCUT2D eigenvalue weighted by Crippen LogP contribution is 2.58. The summed E-state index contributed by atoms with van der Waals surface area (Å²) in [6.45, 7) is 14.9. The van der Waals surface area contributed by atoms with Gasteiger partial charge >= 0.3 is 0 Å². The lowest BCUT2D eigenvalue weighted by atomic mass is 9.76. The van der Waals surface area contributed by atoms with Gasteiger partial charge in [-0.3, -0.25) is 0 Å². The van der Waals surface area contributed by atoms with Crippen LogP contribution in [0, 0.1) is 0 Å². The molecule has 3 aliphatic rings. The fraction of sp³-hybridized carbons (Fsp3) is 0.250. The van der Waals surface area contributed by atoms with Crippen molar-refractivity contribution in [1.82, 2.24) is 0 Å². The molecule has 0 bridgehead atoms. The van der Waals surface area contributed by atoms with Gasteiger partial charge in [-0.05, 0) is 74.0 Å². The zero-order chi connectivity index (χ0) is 35.0. The van der Waals surface area contributed by atoms with Crippen LogP contribution in [-0.4, -0.2) is 26.3 Å². The van der Waals surface area contributed by atoms with E-state index in [0.29, 0.717) is 0 Å². The van der Waals surface area contributed by atoms with Crippen molar-refractivity contribution in [2.75, 3.05) is 31.2 Å². The van der Waals surface area contributed by atoms with E-state index in [2.05, 4.69) is 173 Å². The lowest BCUT2D eigenvalue weighted by Crippen LogP contribution is -2.37. The lowest BCUT2D eigenvalue weighted by Gasteiger charge is -2.38. The number of hydrogen-bond donors (Lipinski definition) is 0. The van der Waals surface area contributed by atoms with Crippen molar-refractivity contribution in [2.45, 2.75) is 51.0 Å². The monoisotopic (exact) mass is 667 g/mol. The van der Waals surface area contributed by atoms with E-state index in [1.54, 1.807) is 0 Å². The highest BCUT2D eigenvalue weighted by molar-refractivity contribution is 6.08. The van der Waals surface area contributed by atoms with E-state index in [-0.39, 0.29) is 10.8 Å². The molecule has 0 N–H and O–H groups in total. The van der Waals surface area contributed by atoms with Crippen LogP contribution in [0.1, 0.15) is 68.0 Å². The van der Waals surface area contributed by atoms with E-state index < -0.39 is 5.60 Å². The van der Waals surface area contributed by atoms with Crippen molar-refractivity contribution in [3.63, 3.8) is 0 Å². The Morgan fingerprint density at radius 3 is 2.02 bits per heavy atom. The zero-order valence-electron chi connectivity index (χ0n) is 30.3. The molecule has 3 heteroatoms. The van der Waals surface area contributed by atoms with Crippen molar-refractivity contribution < 1.29 is 9.47 Å². The summed E-state index contributed by atoms with van der Waals surface area (Å²) < 4.78 is 13.1. The molecule has 1 aliphatic carbocycles. The molecule has 51 heavy (non-hydrogen) atoms. The van der Waals surface area contributed by atoms with Crippen molar-refractivity contribution in [3.05, 3.63) is 161 Å². The predicted octanol–water partition coefficient (Wildman–Crippen LogP) is 11.3. The summed E-state index contributed by atoms with van der Waals surface area (Å²) in [6.07, 6.45) is 4.65. The van der Waals surface area contributed by atoms with Gasteiger partial charge in [0.05, 0.1) is 13.2 Å². The molecule has 6 aromatic carbocycles. The standard InChI is InChI=1S/C48H45NO2/c1-46(2,3)34-18-15-32(16-19-34)33-17-24-40-42(31-33)47(4,5)44-41-25-26-48(35-11-7-6-8-12-35,51-45(41)39-14-10-9-13-38(39)43(40)44)36-20-22-37(23-21-36)49-27-29-50-30-28-49/h6-26,31H,27-30H2,1-5H3. The second-order valence-electron chi connectivity index (χ2n) is 15.9. The first-order valence-corrected chi connectivity index (χ1v) is 18.4. The summed E-state index contributed by atoms with van der Waals surface area (Å²) in [7, 11) is 0. The number of morpholine rings is 1. The van der Waals surface area contributed by atoms with Crippen LogP contribution in [-0.2, 0) is 21.2 Å². The van der Waals surface area contributed by atoms with Gasteiger partial charge in [0.1, 0.15) is 5.75 Å². The fourth-order valence-electron chi connectivity index (χ4n) is 8.68. The second kappa shape index (κ2) is 11.7. The summed E-state index contributed by atoms with van der Waals surface area (Å²) in [4.78, 5) is 2.40. The molecule has 0 aromatic heterocycles. The summed E-state index contributed by atoms with van der Waals surface area (Å²) in [6, 6.07) is 44.7. The van der Waals surface area contributed by atoms with Gasteiger partial charge in [-0.1, -0.05) is 144 Å². The molecule has 254 valence electrons. The Hall–Kier alpha value is -5.12. The molecule has 2 aliphatic heterocycles. The van der Waals surface area contributed by atoms with Crippen LogP contribution in [0.2, 0.25) is 0 Å². The summed E-state index contributed by atoms with van der Waals surface area (Å²) in [5.74, 6) is 0.951. The molecule has 1 atom stereocenters. The lowest BCUT2D eigenvalue weighted by molar-refractivity contribution is 0.122. The minimum Gasteiger partial charge on any atom is -0.472 e. The molecule has 0 amide bonds. The molecule has 1 fully saturated rings. The number of anilines is 1. The SMILES string of the molecule is CC(C)(C)c1ccc(-c2ccc3c(c2)C(C)(C)c2c4c(c5ccccc5c2-3)OC(c2ccccc2)(c2ccc(N3CCOCC3)cc2)C=C4)cc1. The smallest absolute Gasteiger partial charge is 0.178 e. The van der Waals surface area contributed by atoms with Crippen LogP contribution in [0.3, 0.4) is 0 Å². The molecule has 0 spiro atoms. The van der Waals surface area contributed by atoms with E-state index in [1.165, 1.54) is 55.6 Å². The third kappa shape index (κ3) is 5.05. The Morgan fingerprint density at radius 1 is 0.667 bits per heavy atom. The first-order valence-electron chi connectivity index (χ1n) is 18.4. The number of nitrogens with zero attached hydrogens (tertiary/aromatic N) is 1. The minimum absolute atomic E-state index is 0.125. The van der Waals surface area contributed by atoms with E-state index in [4.69, 9.17) is 9.47 Å². The quantitative estimate of drug-likeness (QED) is 0.187. The van der Waals surface area contributed by atoms with Crippen LogP contribution in [0.4, 0.5) is 5.69 Å². The number of benzene rings is 6. The largest absolute Gasteiger partial charge is 0.472 e. The van der Waals surface area contributed by atoms with Crippen molar-refractivity contribution in [2.24, 2.45) is 0 Å². The average molecular weight is 668 g/mol. The summed E-state index contributed by atoms with van der Waals surface area (Å²) in [5, 5.41) is 2.38. The molecule has 9 rings (SSSR count). The molecule has 3 nitrogen and oxygen atoms in total. The van der Waals surface area contributed by atoms with Gasteiger partial charge in [0, 0.05) is 46.3 Å². The molecule has 2 heterocycles. The first-order chi connectivity index (χ1) is 24.6. The Morgan fingerprint density at radius 2 is 1.31 bits per heavy atom. The van der Waals surface area contributed by atoms with E-state index in [1.807, 2.05) is 0 Å². The van der Waals surface area contributed by atoms with Crippen molar-refractivity contribution in [3.8, 4) is 28.0 Å². The predicted molar refractivity (Wildman–Crippen MR) is 212 cm³/mol. The Labute approximate surface area is 302 Å². The highest BCUT2D eigenvalue weighted by Gasteiger charge is 2.44. The molecule has 0 radical (unpaired) electrons. The van der Waals surface area contributed by atoms with E-state index >= 15 is 0 Å². The number of rotatable bonds is 4. The highest BCUT2D eigenvalue weighted by atomic mass is 16.5. The molecule has 1 unspecified atom stereocenters. The van der Waals surface area contributed by atoms with Gasteiger partial charge in [0.25, 0.3) is 0 Å². The summed E-state index contributed by atoms with van der Waals surface area (Å²) in [5.41, 5.74) is 12.9. The Balaban J connectivity index is 1.19. The number of hydrogen-bond acceptors (Lipinski definition) is 3. The fourth-order valence-corrected chi connectivity index (χ4v) is 8.68. The van der Waals surface area contributed by atoms with Crippen LogP contribution >= 0.6 is 0 Å². The van der Waals surface area contributed by atoms with Gasteiger partial charge in [0.2, 0.25) is 0 Å². The average Bonchev–Trinajstić information content (AvgIpc) is 3.41. The molecule has 6 aromatic rings. The molecular weight excluding hydrogens is 623 g/mol. The second-order valence-corrected chi connectivity index (χ2v) is 15.9. The van der Waals surface area contributed by atoms with Crippen molar-refractivity contribution >= 4 is 22.5 Å². The Kier molecular flexibility index (Phi) is 7.31. The zero-order valence-corrected chi connectivity index (χ0v) is 30.3. The van der Waals surface area contributed by atoms with Crippen LogP contribution < -0.4 is 9.64 Å². The van der Waals surface area contributed by atoms with Gasteiger partial charge in [-0.25, -0.2) is 0 Å². The molecule has 1 saturated heterocycles. The van der Waals surface area contributed by atoms with Gasteiger partial charge in [-0.15, -0.1) is 0 Å². The van der Waals surface area contributed by atoms with Crippen LogP contribution in [0.25, 0.3) is 39.1 Å². The third-order valence-corrected chi connectivity index (χ3v) is 11.5. The third-order valence-electron chi connectivity index (χ3n) is 11.5. The molecule has 0 saturated carbocycles. The Bertz CT molecular complexity index is 2300. The maximum absolute atomic E-state index is 7.52. The van der Waals surface area contributed by atoms with E-state index in [9.17, 15) is 0 Å². The summed E-state index contributed by atoms with van der Waals surface area (Å²) >= 11 is 0.